The van der Waals surface area contributed by atoms with Crippen molar-refractivity contribution in [2.24, 2.45) is 0 Å². The quantitative estimate of drug-likeness (QED) is 0.489. The number of unbranched alkanes of at least 4 members (excludes halogenated alkanes) is 2. The van der Waals surface area contributed by atoms with E-state index in [1.807, 2.05) is 0 Å². The molecule has 2 nitrogen and oxygen atoms in total. The van der Waals surface area contributed by atoms with Gasteiger partial charge in [0.05, 0.1) is 0 Å². The van der Waals surface area contributed by atoms with Gasteiger partial charge in [0.15, 0.2) is 0 Å². The second kappa shape index (κ2) is 6.94. The predicted molar refractivity (Wildman–Crippen MR) is 56.6 cm³/mol. The number of hydrogen-bond acceptors (Lipinski definition) is 2. The first-order valence-corrected chi connectivity index (χ1v) is 5.31. The number of hydrogen-bond donors (Lipinski definition) is 2. The second-order valence-corrected chi connectivity index (χ2v) is 3.64. The van der Waals surface area contributed by atoms with E-state index in [-0.39, 0.29) is 0 Å². The molecule has 74 valence electrons. The summed E-state index contributed by atoms with van der Waals surface area (Å²) in [4.78, 5) is 0. The molecule has 0 spiro atoms. The van der Waals surface area contributed by atoms with Gasteiger partial charge in [0.1, 0.15) is 0 Å². The summed E-state index contributed by atoms with van der Waals surface area (Å²) in [5.74, 6) is 2.67. The van der Waals surface area contributed by atoms with E-state index in [2.05, 4.69) is 16.6 Å². The third kappa shape index (κ3) is 4.92. The van der Waals surface area contributed by atoms with Crippen molar-refractivity contribution in [3.05, 3.63) is 0 Å². The van der Waals surface area contributed by atoms with Crippen molar-refractivity contribution in [1.29, 1.82) is 0 Å². The summed E-state index contributed by atoms with van der Waals surface area (Å²) in [5, 5.41) is 6.93. The first kappa shape index (κ1) is 10.6. The van der Waals surface area contributed by atoms with Gasteiger partial charge in [-0.15, -0.1) is 12.3 Å². The molecule has 0 aromatic heterocycles. The maximum atomic E-state index is 5.17. The largest absolute Gasteiger partial charge is 0.317 e. The van der Waals surface area contributed by atoms with E-state index in [0.29, 0.717) is 0 Å². The first-order valence-electron chi connectivity index (χ1n) is 5.31. The van der Waals surface area contributed by atoms with Crippen LogP contribution in [0.15, 0.2) is 0 Å². The summed E-state index contributed by atoms with van der Waals surface area (Å²) in [6.45, 7) is 3.47. The molecule has 0 aliphatic carbocycles. The lowest BCUT2D eigenvalue weighted by Crippen LogP contribution is -2.40. The lowest BCUT2D eigenvalue weighted by atomic mass is 10.1. The Bertz CT molecular complexity index is 154. The van der Waals surface area contributed by atoms with Gasteiger partial charge in [-0.25, -0.2) is 0 Å². The van der Waals surface area contributed by atoms with E-state index in [4.69, 9.17) is 6.42 Å². The molecule has 0 bridgehead atoms. The number of terminal acetylenes is 1. The normalized spacial score (nSPS) is 18.4. The Kier molecular flexibility index (Phi) is 5.64. The predicted octanol–water partition coefficient (Wildman–Crippen LogP) is 1.13. The second-order valence-electron chi connectivity index (χ2n) is 3.64. The zero-order valence-electron chi connectivity index (χ0n) is 8.31. The van der Waals surface area contributed by atoms with Crippen LogP contribution in [-0.2, 0) is 0 Å². The van der Waals surface area contributed by atoms with Gasteiger partial charge in [-0.2, -0.15) is 0 Å². The number of nitrogens with one attached hydrogen (secondary N) is 2. The van der Waals surface area contributed by atoms with Gasteiger partial charge >= 0.3 is 0 Å². The van der Waals surface area contributed by atoms with Crippen LogP contribution in [0.25, 0.3) is 0 Å². The summed E-state index contributed by atoms with van der Waals surface area (Å²) in [5.41, 5.74) is 0. The molecule has 2 N–H and O–H groups in total. The van der Waals surface area contributed by atoms with Crippen molar-refractivity contribution in [1.82, 2.24) is 10.6 Å². The van der Waals surface area contributed by atoms with E-state index < -0.39 is 0 Å². The summed E-state index contributed by atoms with van der Waals surface area (Å²) >= 11 is 0. The fraction of sp³-hybridized carbons (Fsp3) is 0.818. The summed E-state index contributed by atoms with van der Waals surface area (Å²) in [7, 11) is 0. The number of rotatable bonds is 5. The molecule has 1 rings (SSSR count). The summed E-state index contributed by atoms with van der Waals surface area (Å²) < 4.78 is 0. The fourth-order valence-corrected chi connectivity index (χ4v) is 1.68. The molecular weight excluding hydrogens is 160 g/mol. The van der Waals surface area contributed by atoms with E-state index in [9.17, 15) is 0 Å². The molecule has 1 aliphatic rings. The molecule has 1 heterocycles. The lowest BCUT2D eigenvalue weighted by Gasteiger charge is -2.23. The van der Waals surface area contributed by atoms with E-state index in [0.717, 1.165) is 25.4 Å². The van der Waals surface area contributed by atoms with Crippen molar-refractivity contribution in [3.63, 3.8) is 0 Å². The maximum absolute atomic E-state index is 5.17. The van der Waals surface area contributed by atoms with Gasteiger partial charge in [-0.3, -0.25) is 0 Å². The number of piperidine rings is 1. The molecule has 1 aliphatic heterocycles. The molecule has 13 heavy (non-hydrogen) atoms. The monoisotopic (exact) mass is 180 g/mol. The molecule has 2 heteroatoms. The Balaban J connectivity index is 1.90. The Morgan fingerprint density at radius 1 is 1.31 bits per heavy atom. The zero-order valence-corrected chi connectivity index (χ0v) is 8.31. The SMILES string of the molecule is C#CCCCCNC1CCNCC1. The highest BCUT2D eigenvalue weighted by molar-refractivity contribution is 4.83. The molecule has 0 unspecified atom stereocenters. The van der Waals surface area contributed by atoms with Crippen molar-refractivity contribution in [2.45, 2.75) is 38.1 Å². The highest BCUT2D eigenvalue weighted by atomic mass is 15.0. The average Bonchev–Trinajstić information content (AvgIpc) is 2.19. The van der Waals surface area contributed by atoms with Gasteiger partial charge in [0.2, 0.25) is 0 Å². The molecule has 0 aromatic carbocycles. The minimum Gasteiger partial charge on any atom is -0.317 e. The van der Waals surface area contributed by atoms with Gasteiger partial charge < -0.3 is 10.6 Å². The first-order chi connectivity index (χ1) is 6.43. The van der Waals surface area contributed by atoms with Gasteiger partial charge in [-0.1, -0.05) is 0 Å². The van der Waals surface area contributed by atoms with Crippen molar-refractivity contribution < 1.29 is 0 Å². The molecular formula is C11H20N2. The average molecular weight is 180 g/mol. The van der Waals surface area contributed by atoms with E-state index >= 15 is 0 Å². The maximum Gasteiger partial charge on any atom is 0.00912 e. The van der Waals surface area contributed by atoms with Gasteiger partial charge in [0.25, 0.3) is 0 Å². The molecule has 0 radical (unpaired) electrons. The van der Waals surface area contributed by atoms with Crippen molar-refractivity contribution in [3.8, 4) is 12.3 Å². The Morgan fingerprint density at radius 3 is 2.77 bits per heavy atom. The third-order valence-corrected chi connectivity index (χ3v) is 2.52. The standard InChI is InChI=1S/C11H20N2/c1-2-3-4-5-8-13-11-6-9-12-10-7-11/h1,11-13H,3-10H2. The van der Waals surface area contributed by atoms with Crippen LogP contribution in [0.4, 0.5) is 0 Å². The molecule has 1 saturated heterocycles. The van der Waals surface area contributed by atoms with Crippen LogP contribution < -0.4 is 10.6 Å². The highest BCUT2D eigenvalue weighted by Gasteiger charge is 2.10. The molecule has 1 fully saturated rings. The molecule has 0 atom stereocenters. The van der Waals surface area contributed by atoms with Crippen LogP contribution in [0.3, 0.4) is 0 Å². The minimum absolute atomic E-state index is 0.743. The Morgan fingerprint density at radius 2 is 2.08 bits per heavy atom. The van der Waals surface area contributed by atoms with Crippen LogP contribution in [0.5, 0.6) is 0 Å². The van der Waals surface area contributed by atoms with Crippen LogP contribution in [0.1, 0.15) is 32.1 Å². The molecule has 0 saturated carbocycles. The Labute approximate surface area is 81.5 Å². The van der Waals surface area contributed by atoms with Crippen LogP contribution >= 0.6 is 0 Å². The Hall–Kier alpha value is -0.520. The third-order valence-electron chi connectivity index (χ3n) is 2.52. The summed E-state index contributed by atoms with van der Waals surface area (Å²) in [6, 6.07) is 0.743. The minimum atomic E-state index is 0.743. The van der Waals surface area contributed by atoms with Crippen LogP contribution in [0, 0.1) is 12.3 Å². The van der Waals surface area contributed by atoms with Gasteiger partial charge in [-0.05, 0) is 45.3 Å². The molecule has 0 aromatic rings. The van der Waals surface area contributed by atoms with Crippen LogP contribution in [-0.4, -0.2) is 25.7 Å². The van der Waals surface area contributed by atoms with Crippen molar-refractivity contribution >= 4 is 0 Å². The summed E-state index contributed by atoms with van der Waals surface area (Å²) in [6.07, 6.45) is 11.0. The fourth-order valence-electron chi connectivity index (χ4n) is 1.68. The smallest absolute Gasteiger partial charge is 0.00912 e. The molecule has 0 amide bonds. The van der Waals surface area contributed by atoms with Gasteiger partial charge in [0, 0.05) is 12.5 Å². The lowest BCUT2D eigenvalue weighted by molar-refractivity contribution is 0.385. The topological polar surface area (TPSA) is 24.1 Å². The highest BCUT2D eigenvalue weighted by Crippen LogP contribution is 2.02. The van der Waals surface area contributed by atoms with Crippen LogP contribution in [0.2, 0.25) is 0 Å². The zero-order chi connectivity index (χ0) is 9.36. The van der Waals surface area contributed by atoms with E-state index in [1.54, 1.807) is 0 Å². The van der Waals surface area contributed by atoms with Crippen molar-refractivity contribution in [2.75, 3.05) is 19.6 Å². The van der Waals surface area contributed by atoms with E-state index in [1.165, 1.54) is 32.4 Å².